The van der Waals surface area contributed by atoms with E-state index in [9.17, 15) is 13.9 Å². The predicted molar refractivity (Wildman–Crippen MR) is 94.7 cm³/mol. The van der Waals surface area contributed by atoms with E-state index in [2.05, 4.69) is 17.0 Å². The summed E-state index contributed by atoms with van der Waals surface area (Å²) < 4.78 is 32.9. The van der Waals surface area contributed by atoms with E-state index in [1.165, 1.54) is 11.6 Å². The lowest BCUT2D eigenvalue weighted by molar-refractivity contribution is -0.127. The quantitative estimate of drug-likeness (QED) is 0.875. The monoisotopic (exact) mass is 369 g/mol. The van der Waals surface area contributed by atoms with E-state index < -0.39 is 17.2 Å². The molecule has 0 amide bonds. The fraction of sp³-hybridized carbons (Fsp3) is 0.368. The third kappa shape index (κ3) is 4.55. The number of benzene rings is 2. The van der Waals surface area contributed by atoms with Gasteiger partial charge in [0.25, 0.3) is 0 Å². The van der Waals surface area contributed by atoms with E-state index in [4.69, 9.17) is 4.74 Å². The first-order valence-electron chi connectivity index (χ1n) is 8.10. The third-order valence-electron chi connectivity index (χ3n) is 4.48. The lowest BCUT2D eigenvalue weighted by Crippen LogP contribution is -2.50. The fourth-order valence-electron chi connectivity index (χ4n) is 3.26. The first kappa shape index (κ1) is 19.8. The van der Waals surface area contributed by atoms with Gasteiger partial charge in [-0.2, -0.15) is 0 Å². The van der Waals surface area contributed by atoms with Crippen LogP contribution in [0.4, 0.5) is 8.78 Å². The van der Waals surface area contributed by atoms with Crippen molar-refractivity contribution in [2.45, 2.75) is 18.6 Å². The predicted octanol–water partition coefficient (Wildman–Crippen LogP) is 3.50. The fourth-order valence-corrected chi connectivity index (χ4v) is 3.26. The van der Waals surface area contributed by atoms with Gasteiger partial charge in [-0.25, -0.2) is 8.78 Å². The Morgan fingerprint density at radius 1 is 1.08 bits per heavy atom. The van der Waals surface area contributed by atoms with E-state index in [0.29, 0.717) is 25.1 Å². The van der Waals surface area contributed by atoms with Crippen molar-refractivity contribution in [2.24, 2.45) is 0 Å². The highest BCUT2D eigenvalue weighted by molar-refractivity contribution is 5.85. The molecule has 0 aromatic heterocycles. The van der Waals surface area contributed by atoms with Crippen LogP contribution in [0, 0.1) is 11.6 Å². The number of hydrogen-bond donors (Lipinski definition) is 1. The Morgan fingerprint density at radius 3 is 2.52 bits per heavy atom. The summed E-state index contributed by atoms with van der Waals surface area (Å²) in [4.78, 5) is 2.22. The second-order valence-electron chi connectivity index (χ2n) is 6.14. The summed E-state index contributed by atoms with van der Waals surface area (Å²) in [6.45, 7) is 2.42. The number of ether oxygens (including phenoxy) is 1. The molecule has 1 aliphatic heterocycles. The summed E-state index contributed by atoms with van der Waals surface area (Å²) in [5.41, 5.74) is 0.923. The second-order valence-corrected chi connectivity index (χ2v) is 6.14. The van der Waals surface area contributed by atoms with Crippen molar-refractivity contribution in [1.82, 2.24) is 4.90 Å². The van der Waals surface area contributed by atoms with Crippen LogP contribution in [0.1, 0.15) is 17.5 Å². The standard InChI is InChI=1S/C19H21F2NO2.ClH/c20-17-7-6-16(12-18(17)21)19(8-10-23)14-22(9-11-24-19)13-15-4-2-1-3-5-15;/h1-7,12,23H,8-11,13-14H2;1H. The summed E-state index contributed by atoms with van der Waals surface area (Å²) >= 11 is 0. The van der Waals surface area contributed by atoms with Crippen LogP contribution in [0.25, 0.3) is 0 Å². The molecule has 136 valence electrons. The summed E-state index contributed by atoms with van der Waals surface area (Å²) in [5, 5.41) is 9.48. The molecule has 0 saturated carbocycles. The van der Waals surface area contributed by atoms with Crippen LogP contribution in [-0.4, -0.2) is 36.3 Å². The topological polar surface area (TPSA) is 32.7 Å². The molecule has 3 rings (SSSR count). The smallest absolute Gasteiger partial charge is 0.159 e. The maximum absolute atomic E-state index is 13.7. The van der Waals surface area contributed by atoms with Gasteiger partial charge in [-0.15, -0.1) is 12.4 Å². The Labute approximate surface area is 152 Å². The molecule has 1 atom stereocenters. The third-order valence-corrected chi connectivity index (χ3v) is 4.48. The van der Waals surface area contributed by atoms with Crippen molar-refractivity contribution < 1.29 is 18.6 Å². The molecule has 1 fully saturated rings. The first-order valence-corrected chi connectivity index (χ1v) is 8.10. The molecule has 1 heterocycles. The van der Waals surface area contributed by atoms with Gasteiger partial charge in [0.2, 0.25) is 0 Å². The number of rotatable bonds is 5. The van der Waals surface area contributed by atoms with Crippen molar-refractivity contribution in [3.05, 3.63) is 71.3 Å². The molecule has 1 aliphatic rings. The van der Waals surface area contributed by atoms with Crippen molar-refractivity contribution >= 4 is 12.4 Å². The molecule has 6 heteroatoms. The number of hydrogen-bond acceptors (Lipinski definition) is 3. The maximum Gasteiger partial charge on any atom is 0.159 e. The highest BCUT2D eigenvalue weighted by Crippen LogP contribution is 2.34. The minimum absolute atomic E-state index is 0. The van der Waals surface area contributed by atoms with Crippen LogP contribution in [0.3, 0.4) is 0 Å². The minimum Gasteiger partial charge on any atom is -0.396 e. The largest absolute Gasteiger partial charge is 0.396 e. The van der Waals surface area contributed by atoms with Gasteiger partial charge >= 0.3 is 0 Å². The normalized spacial score (nSPS) is 20.9. The Hall–Kier alpha value is -1.53. The summed E-state index contributed by atoms with van der Waals surface area (Å²) in [6.07, 6.45) is 0.337. The molecule has 2 aromatic rings. The Morgan fingerprint density at radius 2 is 1.84 bits per heavy atom. The zero-order valence-corrected chi connectivity index (χ0v) is 14.6. The molecule has 2 aromatic carbocycles. The van der Waals surface area contributed by atoms with Gasteiger partial charge in [-0.1, -0.05) is 36.4 Å². The van der Waals surface area contributed by atoms with E-state index in [1.807, 2.05) is 18.2 Å². The molecule has 1 N–H and O–H groups in total. The van der Waals surface area contributed by atoms with Crippen molar-refractivity contribution in [1.29, 1.82) is 0 Å². The molecule has 25 heavy (non-hydrogen) atoms. The Balaban J connectivity index is 0.00000225. The van der Waals surface area contributed by atoms with Crippen LogP contribution >= 0.6 is 12.4 Å². The maximum atomic E-state index is 13.7. The number of aliphatic hydroxyl groups excluding tert-OH is 1. The lowest BCUT2D eigenvalue weighted by Gasteiger charge is -2.43. The Kier molecular flexibility index (Phi) is 6.90. The average molecular weight is 370 g/mol. The first-order chi connectivity index (χ1) is 11.6. The van der Waals surface area contributed by atoms with Crippen LogP contribution < -0.4 is 0 Å². The van der Waals surface area contributed by atoms with E-state index in [-0.39, 0.29) is 19.0 Å². The zero-order chi connectivity index (χ0) is 17.0. The highest BCUT2D eigenvalue weighted by atomic mass is 35.5. The van der Waals surface area contributed by atoms with Crippen molar-refractivity contribution in [3.8, 4) is 0 Å². The van der Waals surface area contributed by atoms with Gasteiger partial charge in [0.15, 0.2) is 11.6 Å². The molecular weight excluding hydrogens is 348 g/mol. The zero-order valence-electron chi connectivity index (χ0n) is 13.8. The SMILES string of the molecule is Cl.OCCC1(c2ccc(F)c(F)c2)CN(Cc2ccccc2)CCO1. The van der Waals surface area contributed by atoms with Gasteiger partial charge in [-0.3, -0.25) is 4.90 Å². The summed E-state index contributed by atoms with van der Waals surface area (Å²) in [6, 6.07) is 13.9. The number of morpholine rings is 1. The van der Waals surface area contributed by atoms with E-state index in [1.54, 1.807) is 6.07 Å². The number of halogens is 3. The van der Waals surface area contributed by atoms with Gasteiger partial charge in [-0.05, 0) is 23.3 Å². The van der Waals surface area contributed by atoms with Crippen molar-refractivity contribution in [3.63, 3.8) is 0 Å². The van der Waals surface area contributed by atoms with Crippen LogP contribution in [0.5, 0.6) is 0 Å². The van der Waals surface area contributed by atoms with E-state index >= 15 is 0 Å². The average Bonchev–Trinajstić information content (AvgIpc) is 2.59. The van der Waals surface area contributed by atoms with Gasteiger partial charge in [0.05, 0.1) is 6.61 Å². The molecular formula is C19H22ClF2NO2. The second kappa shape index (κ2) is 8.72. The van der Waals surface area contributed by atoms with Crippen LogP contribution in [-0.2, 0) is 16.9 Å². The molecule has 0 radical (unpaired) electrons. The van der Waals surface area contributed by atoms with E-state index in [0.717, 1.165) is 19.2 Å². The molecule has 0 aliphatic carbocycles. The molecule has 1 saturated heterocycles. The minimum atomic E-state index is -0.895. The highest BCUT2D eigenvalue weighted by Gasteiger charge is 2.38. The van der Waals surface area contributed by atoms with Gasteiger partial charge < -0.3 is 9.84 Å². The van der Waals surface area contributed by atoms with Gasteiger partial charge in [0.1, 0.15) is 5.60 Å². The van der Waals surface area contributed by atoms with Crippen LogP contribution in [0.2, 0.25) is 0 Å². The molecule has 0 bridgehead atoms. The van der Waals surface area contributed by atoms with Crippen molar-refractivity contribution in [2.75, 3.05) is 26.3 Å². The molecule has 1 unspecified atom stereocenters. The number of aliphatic hydroxyl groups is 1. The molecule has 0 spiro atoms. The molecule has 3 nitrogen and oxygen atoms in total. The Bertz CT molecular complexity index is 682. The summed E-state index contributed by atoms with van der Waals surface area (Å²) in [7, 11) is 0. The summed E-state index contributed by atoms with van der Waals surface area (Å²) in [5.74, 6) is -1.77. The number of nitrogens with zero attached hydrogens (tertiary/aromatic N) is 1. The van der Waals surface area contributed by atoms with Crippen LogP contribution in [0.15, 0.2) is 48.5 Å². The van der Waals surface area contributed by atoms with Gasteiger partial charge in [0, 0.05) is 32.7 Å². The lowest BCUT2D eigenvalue weighted by atomic mass is 9.88.